The van der Waals surface area contributed by atoms with Crippen LogP contribution in [0.3, 0.4) is 0 Å². The Morgan fingerprint density at radius 2 is 1.89 bits per heavy atom. The van der Waals surface area contributed by atoms with Crippen molar-refractivity contribution in [3.8, 4) is 16.9 Å². The number of benzene rings is 2. The number of rotatable bonds is 3. The summed E-state index contributed by atoms with van der Waals surface area (Å²) in [5, 5.41) is 2.65. The molecular weight excluding hydrogens is 430 g/mol. The van der Waals surface area contributed by atoms with Gasteiger partial charge < -0.3 is 10.1 Å². The molecule has 1 amide bonds. The van der Waals surface area contributed by atoms with E-state index in [4.69, 9.17) is 4.74 Å². The van der Waals surface area contributed by atoms with E-state index in [1.807, 2.05) is 0 Å². The fourth-order valence-corrected chi connectivity index (χ4v) is 3.74. The number of amides is 1. The molecule has 0 spiro atoms. The molecular formula is C21H15BrF2N2O2. The van der Waals surface area contributed by atoms with Crippen LogP contribution in [0.1, 0.15) is 23.1 Å². The van der Waals surface area contributed by atoms with Gasteiger partial charge in [0.2, 0.25) is 11.9 Å². The monoisotopic (exact) mass is 444 g/mol. The highest BCUT2D eigenvalue weighted by Crippen LogP contribution is 2.47. The summed E-state index contributed by atoms with van der Waals surface area (Å²) < 4.78 is 34.2. The van der Waals surface area contributed by atoms with Crippen molar-refractivity contribution >= 4 is 21.8 Å². The molecule has 1 aromatic heterocycles. The van der Waals surface area contributed by atoms with E-state index in [2.05, 4.69) is 26.2 Å². The first-order valence-corrected chi connectivity index (χ1v) is 9.36. The third-order valence-corrected chi connectivity index (χ3v) is 5.18. The Morgan fingerprint density at radius 3 is 2.61 bits per heavy atom. The van der Waals surface area contributed by atoms with Crippen molar-refractivity contribution in [2.24, 2.45) is 0 Å². The van der Waals surface area contributed by atoms with Gasteiger partial charge in [-0.1, -0.05) is 18.2 Å². The maximum Gasteiger partial charge on any atom is 0.231 e. The molecule has 1 aliphatic rings. The molecule has 0 bridgehead atoms. The molecule has 3 aromatic rings. The number of ether oxygens (including phenoxy) is 1. The molecule has 4 nitrogen and oxygen atoms in total. The van der Waals surface area contributed by atoms with Gasteiger partial charge >= 0.3 is 0 Å². The van der Waals surface area contributed by atoms with Gasteiger partial charge in [-0.15, -0.1) is 0 Å². The van der Waals surface area contributed by atoms with Gasteiger partial charge in [-0.05, 0) is 57.4 Å². The summed E-state index contributed by atoms with van der Waals surface area (Å²) in [6.07, 6.45) is 0.781. The van der Waals surface area contributed by atoms with Crippen LogP contribution in [0.4, 0.5) is 8.78 Å². The first kappa shape index (κ1) is 18.6. The van der Waals surface area contributed by atoms with Gasteiger partial charge in [-0.2, -0.15) is 4.39 Å². The number of carbonyl (C=O) groups is 1. The van der Waals surface area contributed by atoms with Crippen molar-refractivity contribution in [3.05, 3.63) is 82.1 Å². The Kier molecular flexibility index (Phi) is 4.85. The summed E-state index contributed by atoms with van der Waals surface area (Å²) in [7, 11) is 1.55. The lowest BCUT2D eigenvalue weighted by Crippen LogP contribution is -2.28. The molecule has 2 aromatic carbocycles. The lowest BCUT2D eigenvalue weighted by atomic mass is 9.89. The summed E-state index contributed by atoms with van der Waals surface area (Å²) in [5.41, 5.74) is 2.23. The molecule has 0 saturated heterocycles. The van der Waals surface area contributed by atoms with Crippen molar-refractivity contribution in [2.75, 3.05) is 7.05 Å². The molecule has 2 unspecified atom stereocenters. The Hall–Kier alpha value is -2.80. The van der Waals surface area contributed by atoms with Crippen molar-refractivity contribution in [3.63, 3.8) is 0 Å². The smallest absolute Gasteiger partial charge is 0.231 e. The second-order valence-corrected chi connectivity index (χ2v) is 7.34. The minimum absolute atomic E-state index is 0.238. The Morgan fingerprint density at radius 1 is 1.14 bits per heavy atom. The molecule has 7 heteroatoms. The normalized spacial score (nSPS) is 17.7. The number of aromatic nitrogens is 1. The molecule has 0 fully saturated rings. The topological polar surface area (TPSA) is 51.2 Å². The number of pyridine rings is 1. The zero-order valence-electron chi connectivity index (χ0n) is 14.7. The quantitative estimate of drug-likeness (QED) is 0.592. The molecule has 28 heavy (non-hydrogen) atoms. The van der Waals surface area contributed by atoms with Gasteiger partial charge in [-0.3, -0.25) is 4.79 Å². The minimum Gasteiger partial charge on any atom is -0.484 e. The molecule has 2 atom stereocenters. The van der Waals surface area contributed by atoms with Crippen molar-refractivity contribution in [1.29, 1.82) is 0 Å². The minimum atomic E-state index is -0.645. The number of hydrogen-bond donors (Lipinski definition) is 1. The first-order valence-electron chi connectivity index (χ1n) is 8.57. The molecule has 142 valence electrons. The molecule has 4 rings (SSSR count). The van der Waals surface area contributed by atoms with Crippen LogP contribution < -0.4 is 10.1 Å². The van der Waals surface area contributed by atoms with Crippen LogP contribution in [0, 0.1) is 11.8 Å². The number of nitrogens with zero attached hydrogens (tertiary/aromatic N) is 1. The van der Waals surface area contributed by atoms with E-state index in [-0.39, 0.29) is 11.7 Å². The number of nitrogens with one attached hydrogen (secondary N) is 1. The molecule has 1 N–H and O–H groups in total. The van der Waals surface area contributed by atoms with Crippen LogP contribution >= 0.6 is 15.9 Å². The van der Waals surface area contributed by atoms with Crippen molar-refractivity contribution in [1.82, 2.24) is 10.3 Å². The highest BCUT2D eigenvalue weighted by atomic mass is 79.9. The van der Waals surface area contributed by atoms with Crippen LogP contribution in [0.5, 0.6) is 5.75 Å². The van der Waals surface area contributed by atoms with Crippen LogP contribution in [0.15, 0.2) is 59.2 Å². The first-order chi connectivity index (χ1) is 13.5. The van der Waals surface area contributed by atoms with Gasteiger partial charge in [0.25, 0.3) is 0 Å². The largest absolute Gasteiger partial charge is 0.484 e. The summed E-state index contributed by atoms with van der Waals surface area (Å²) in [4.78, 5) is 16.4. The predicted molar refractivity (Wildman–Crippen MR) is 104 cm³/mol. The third kappa shape index (κ3) is 3.26. The van der Waals surface area contributed by atoms with Crippen LogP contribution in [0.25, 0.3) is 11.1 Å². The molecule has 1 aliphatic heterocycles. The Bertz CT molecular complexity index is 1060. The average molecular weight is 445 g/mol. The molecule has 0 aliphatic carbocycles. The Labute approximate surface area is 168 Å². The second-order valence-electron chi connectivity index (χ2n) is 6.43. The fourth-order valence-electron chi connectivity index (χ4n) is 3.41. The third-order valence-electron chi connectivity index (χ3n) is 4.75. The van der Waals surface area contributed by atoms with Gasteiger partial charge in [0.05, 0.1) is 0 Å². The number of halogens is 3. The maximum atomic E-state index is 14.2. The fraction of sp³-hybridized carbons (Fsp3) is 0.143. The highest BCUT2D eigenvalue weighted by molar-refractivity contribution is 9.10. The maximum absolute atomic E-state index is 14.2. The zero-order valence-corrected chi connectivity index (χ0v) is 16.3. The van der Waals surface area contributed by atoms with Gasteiger partial charge in [0, 0.05) is 28.8 Å². The van der Waals surface area contributed by atoms with Gasteiger partial charge in [-0.25, -0.2) is 9.37 Å². The summed E-state index contributed by atoms with van der Waals surface area (Å²) >= 11 is 3.30. The van der Waals surface area contributed by atoms with E-state index in [1.165, 1.54) is 18.3 Å². The van der Waals surface area contributed by atoms with Gasteiger partial charge in [0.15, 0.2) is 0 Å². The van der Waals surface area contributed by atoms with Crippen LogP contribution in [-0.2, 0) is 4.79 Å². The SMILES string of the molecule is CNC(=O)C1c2cc(-c3cc(Br)cnc3F)ccc2OC1c1ccc(F)cc1. The van der Waals surface area contributed by atoms with Crippen LogP contribution in [-0.4, -0.2) is 17.9 Å². The molecule has 0 saturated carbocycles. The average Bonchev–Trinajstić information content (AvgIpc) is 3.08. The van der Waals surface area contributed by atoms with E-state index >= 15 is 0 Å². The number of likely N-dealkylation sites (N-methyl/N-ethyl adjacent to an activating group) is 1. The zero-order chi connectivity index (χ0) is 19.8. The molecule has 2 heterocycles. The standard InChI is InChI=1S/C21H15BrF2N2O2/c1-25-21(27)18-16-8-12(15-9-13(22)10-26-20(15)24)4-7-17(16)28-19(18)11-2-5-14(23)6-3-11/h2-10,18-19H,1H3,(H,25,27). The highest BCUT2D eigenvalue weighted by Gasteiger charge is 2.40. The second kappa shape index (κ2) is 7.31. The predicted octanol–water partition coefficient (Wildman–Crippen LogP) is 4.75. The van der Waals surface area contributed by atoms with E-state index in [1.54, 1.807) is 43.4 Å². The lowest BCUT2D eigenvalue weighted by Gasteiger charge is -2.18. The van der Waals surface area contributed by atoms with E-state index in [9.17, 15) is 13.6 Å². The van der Waals surface area contributed by atoms with E-state index in [0.29, 0.717) is 32.5 Å². The summed E-state index contributed by atoms with van der Waals surface area (Å²) in [6.45, 7) is 0. The summed E-state index contributed by atoms with van der Waals surface area (Å²) in [6, 6.07) is 12.7. The number of fused-ring (bicyclic) bond motifs is 1. The lowest BCUT2D eigenvalue weighted by molar-refractivity contribution is -0.123. The molecule has 0 radical (unpaired) electrons. The van der Waals surface area contributed by atoms with Crippen molar-refractivity contribution in [2.45, 2.75) is 12.0 Å². The number of carbonyl (C=O) groups excluding carboxylic acids is 1. The summed E-state index contributed by atoms with van der Waals surface area (Å²) in [5.74, 6) is -1.31. The van der Waals surface area contributed by atoms with E-state index < -0.39 is 18.0 Å². The van der Waals surface area contributed by atoms with Crippen LogP contribution in [0.2, 0.25) is 0 Å². The van der Waals surface area contributed by atoms with Gasteiger partial charge in [0.1, 0.15) is 23.6 Å². The van der Waals surface area contributed by atoms with E-state index in [0.717, 1.165) is 0 Å². The Balaban J connectivity index is 1.80. The van der Waals surface area contributed by atoms with Crippen molar-refractivity contribution < 1.29 is 18.3 Å². The number of hydrogen-bond acceptors (Lipinski definition) is 3.